The largest absolute Gasteiger partial charge is 0.494 e. The van der Waals surface area contributed by atoms with Crippen molar-refractivity contribution in [3.8, 4) is 5.75 Å². The molecule has 0 aliphatic carbocycles. The fraction of sp³-hybridized carbons (Fsp3) is 0.111. The van der Waals surface area contributed by atoms with E-state index in [1.54, 1.807) is 18.3 Å². The lowest BCUT2D eigenvalue weighted by Crippen LogP contribution is -2.16. The van der Waals surface area contributed by atoms with Crippen molar-refractivity contribution >= 4 is 39.0 Å². The van der Waals surface area contributed by atoms with Crippen LogP contribution in [0.25, 0.3) is 11.0 Å². The van der Waals surface area contributed by atoms with E-state index in [1.807, 2.05) is 43.3 Å². The van der Waals surface area contributed by atoms with Gasteiger partial charge in [0.05, 0.1) is 12.8 Å². The number of hydrogen-bond donors (Lipinski definition) is 1. The average molecular weight is 387 g/mol. The Hall–Kier alpha value is -2.60. The molecule has 24 heavy (non-hydrogen) atoms. The number of hydrazone groups is 1. The maximum Gasteiger partial charge on any atom is 0.307 e. The number of furan rings is 1. The molecule has 3 aromatic rings. The molecule has 0 saturated heterocycles. The second kappa shape index (κ2) is 7.31. The van der Waals surface area contributed by atoms with Crippen LogP contribution in [0, 0.1) is 0 Å². The summed E-state index contributed by atoms with van der Waals surface area (Å²) >= 11 is 3.39. The van der Waals surface area contributed by atoms with Crippen LogP contribution in [0.3, 0.4) is 0 Å². The zero-order valence-electron chi connectivity index (χ0n) is 13.0. The SMILES string of the molecule is CCOc1ccc(/C=N/NC(=O)c2cc3cc(Br)ccc3o2)cc1. The zero-order valence-corrected chi connectivity index (χ0v) is 14.5. The lowest BCUT2D eigenvalue weighted by Gasteiger charge is -2.02. The number of nitrogens with one attached hydrogen (secondary N) is 1. The minimum Gasteiger partial charge on any atom is -0.494 e. The third-order valence-electron chi connectivity index (χ3n) is 3.27. The van der Waals surface area contributed by atoms with Crippen LogP contribution in [0.5, 0.6) is 5.75 Å². The van der Waals surface area contributed by atoms with Crippen LogP contribution in [0.15, 0.2) is 62.5 Å². The van der Waals surface area contributed by atoms with Crippen molar-refractivity contribution in [2.45, 2.75) is 6.92 Å². The van der Waals surface area contributed by atoms with E-state index in [2.05, 4.69) is 26.5 Å². The van der Waals surface area contributed by atoms with Crippen molar-refractivity contribution in [3.63, 3.8) is 0 Å². The molecule has 0 spiro atoms. The van der Waals surface area contributed by atoms with Crippen LogP contribution in [0.2, 0.25) is 0 Å². The van der Waals surface area contributed by atoms with Gasteiger partial charge in [-0.1, -0.05) is 15.9 Å². The highest BCUT2D eigenvalue weighted by atomic mass is 79.9. The Morgan fingerprint density at radius 3 is 2.79 bits per heavy atom. The predicted molar refractivity (Wildman–Crippen MR) is 96.6 cm³/mol. The van der Waals surface area contributed by atoms with Crippen molar-refractivity contribution in [1.29, 1.82) is 0 Å². The quantitative estimate of drug-likeness (QED) is 0.523. The Morgan fingerprint density at radius 1 is 1.25 bits per heavy atom. The molecular weight excluding hydrogens is 372 g/mol. The van der Waals surface area contributed by atoms with E-state index >= 15 is 0 Å². The highest BCUT2D eigenvalue weighted by molar-refractivity contribution is 9.10. The second-order valence-electron chi connectivity index (χ2n) is 4.99. The number of fused-ring (bicyclic) bond motifs is 1. The first kappa shape index (κ1) is 16.3. The summed E-state index contributed by atoms with van der Waals surface area (Å²) < 4.78 is 11.8. The molecule has 0 unspecified atom stereocenters. The number of rotatable bonds is 5. The highest BCUT2D eigenvalue weighted by Crippen LogP contribution is 2.23. The molecule has 1 heterocycles. The molecule has 1 N–H and O–H groups in total. The maximum atomic E-state index is 12.1. The molecule has 0 fully saturated rings. The monoisotopic (exact) mass is 386 g/mol. The third-order valence-corrected chi connectivity index (χ3v) is 3.77. The fourth-order valence-corrected chi connectivity index (χ4v) is 2.54. The van der Waals surface area contributed by atoms with E-state index in [1.165, 1.54) is 0 Å². The number of carbonyl (C=O) groups excluding carboxylic acids is 1. The Kier molecular flexibility index (Phi) is 4.96. The second-order valence-corrected chi connectivity index (χ2v) is 5.91. The number of carbonyl (C=O) groups is 1. The predicted octanol–water partition coefficient (Wildman–Crippen LogP) is 4.36. The van der Waals surface area contributed by atoms with Crippen LogP contribution in [0.4, 0.5) is 0 Å². The summed E-state index contributed by atoms with van der Waals surface area (Å²) in [5.74, 6) is 0.614. The number of halogens is 1. The van der Waals surface area contributed by atoms with E-state index in [0.717, 1.165) is 21.2 Å². The lowest BCUT2D eigenvalue weighted by molar-refractivity contribution is 0.0929. The Bertz CT molecular complexity index is 885. The smallest absolute Gasteiger partial charge is 0.307 e. The molecule has 0 atom stereocenters. The van der Waals surface area contributed by atoms with Crippen LogP contribution in [-0.2, 0) is 0 Å². The van der Waals surface area contributed by atoms with Gasteiger partial charge < -0.3 is 9.15 Å². The molecule has 1 aromatic heterocycles. The van der Waals surface area contributed by atoms with E-state index in [-0.39, 0.29) is 5.76 Å². The zero-order chi connectivity index (χ0) is 16.9. The standard InChI is InChI=1S/C18H15BrN2O3/c1-2-23-15-6-3-12(4-7-15)11-20-21-18(22)17-10-13-9-14(19)5-8-16(13)24-17/h3-11H,2H2,1H3,(H,21,22)/b20-11+. The fourth-order valence-electron chi connectivity index (χ4n) is 2.16. The van der Waals surface area contributed by atoms with Gasteiger partial charge in [-0.3, -0.25) is 4.79 Å². The highest BCUT2D eigenvalue weighted by Gasteiger charge is 2.11. The minimum absolute atomic E-state index is 0.215. The van der Waals surface area contributed by atoms with Crippen LogP contribution in [-0.4, -0.2) is 18.7 Å². The normalized spacial score (nSPS) is 11.1. The molecule has 0 bridgehead atoms. The summed E-state index contributed by atoms with van der Waals surface area (Å²) in [4.78, 5) is 12.1. The average Bonchev–Trinajstić information content (AvgIpc) is 3.00. The van der Waals surface area contributed by atoms with Gasteiger partial charge in [0.2, 0.25) is 0 Å². The first-order valence-electron chi connectivity index (χ1n) is 7.41. The molecule has 2 aromatic carbocycles. The van der Waals surface area contributed by atoms with Crippen molar-refractivity contribution in [2.24, 2.45) is 5.10 Å². The molecule has 0 aliphatic rings. The maximum absolute atomic E-state index is 12.1. The Morgan fingerprint density at radius 2 is 2.04 bits per heavy atom. The molecular formula is C18H15BrN2O3. The summed E-state index contributed by atoms with van der Waals surface area (Å²) in [5, 5.41) is 4.80. The number of benzene rings is 2. The molecule has 0 radical (unpaired) electrons. The summed E-state index contributed by atoms with van der Waals surface area (Å²) in [7, 11) is 0. The number of ether oxygens (including phenoxy) is 1. The Balaban J connectivity index is 1.65. The molecule has 122 valence electrons. The van der Waals surface area contributed by atoms with Crippen molar-refractivity contribution < 1.29 is 13.9 Å². The summed E-state index contributed by atoms with van der Waals surface area (Å²) in [6.45, 7) is 2.55. The number of amides is 1. The van der Waals surface area contributed by atoms with E-state index in [9.17, 15) is 4.79 Å². The number of nitrogens with zero attached hydrogens (tertiary/aromatic N) is 1. The first-order valence-corrected chi connectivity index (χ1v) is 8.20. The first-order chi connectivity index (χ1) is 11.7. The molecule has 0 saturated carbocycles. The van der Waals surface area contributed by atoms with Gasteiger partial charge in [0.1, 0.15) is 11.3 Å². The van der Waals surface area contributed by atoms with Gasteiger partial charge in [-0.25, -0.2) is 5.43 Å². The van der Waals surface area contributed by atoms with Crippen LogP contribution in [0.1, 0.15) is 23.0 Å². The molecule has 6 heteroatoms. The summed E-state index contributed by atoms with van der Waals surface area (Å²) in [5.41, 5.74) is 3.96. The van der Waals surface area contributed by atoms with Gasteiger partial charge in [0, 0.05) is 9.86 Å². The van der Waals surface area contributed by atoms with Crippen LogP contribution < -0.4 is 10.2 Å². The lowest BCUT2D eigenvalue weighted by atomic mass is 10.2. The van der Waals surface area contributed by atoms with Gasteiger partial charge in [-0.05, 0) is 61.0 Å². The molecule has 1 amide bonds. The molecule has 0 aliphatic heterocycles. The van der Waals surface area contributed by atoms with E-state index < -0.39 is 5.91 Å². The van der Waals surface area contributed by atoms with Gasteiger partial charge in [0.15, 0.2) is 5.76 Å². The van der Waals surface area contributed by atoms with E-state index in [0.29, 0.717) is 12.2 Å². The topological polar surface area (TPSA) is 63.8 Å². The van der Waals surface area contributed by atoms with Gasteiger partial charge >= 0.3 is 5.91 Å². The summed E-state index contributed by atoms with van der Waals surface area (Å²) in [6, 6.07) is 14.7. The van der Waals surface area contributed by atoms with Gasteiger partial charge in [-0.15, -0.1) is 0 Å². The third kappa shape index (κ3) is 3.83. The van der Waals surface area contributed by atoms with Gasteiger partial charge in [-0.2, -0.15) is 5.10 Å². The van der Waals surface area contributed by atoms with Crippen molar-refractivity contribution in [2.75, 3.05) is 6.61 Å². The van der Waals surface area contributed by atoms with Crippen molar-refractivity contribution in [3.05, 3.63) is 64.3 Å². The summed E-state index contributed by atoms with van der Waals surface area (Å²) in [6.07, 6.45) is 1.56. The van der Waals surface area contributed by atoms with Crippen molar-refractivity contribution in [1.82, 2.24) is 5.43 Å². The van der Waals surface area contributed by atoms with Crippen LogP contribution >= 0.6 is 15.9 Å². The molecule has 3 rings (SSSR count). The Labute approximate surface area is 147 Å². The van der Waals surface area contributed by atoms with Gasteiger partial charge in [0.25, 0.3) is 0 Å². The number of hydrogen-bond acceptors (Lipinski definition) is 4. The van der Waals surface area contributed by atoms with E-state index in [4.69, 9.17) is 9.15 Å². The molecule has 5 nitrogen and oxygen atoms in total. The minimum atomic E-state index is -0.399.